The minimum atomic E-state index is -0.433. The van der Waals surface area contributed by atoms with Gasteiger partial charge in [-0.2, -0.15) is 0 Å². The van der Waals surface area contributed by atoms with Crippen molar-refractivity contribution in [3.8, 4) is 5.75 Å². The Kier molecular flexibility index (Phi) is 4.45. The maximum atomic E-state index is 13.1. The third-order valence-corrected chi connectivity index (χ3v) is 4.68. The highest BCUT2D eigenvalue weighted by Gasteiger charge is 2.01. The van der Waals surface area contributed by atoms with E-state index in [0.717, 1.165) is 19.8 Å². The Balaban J connectivity index is 2.08. The van der Waals surface area contributed by atoms with E-state index in [1.165, 1.54) is 6.07 Å². The summed E-state index contributed by atoms with van der Waals surface area (Å²) in [4.78, 5) is 0. The molecular formula is C13H10BrFINO. The minimum absolute atomic E-state index is 0.0582. The molecule has 0 aliphatic carbocycles. The average molecular weight is 422 g/mol. The summed E-state index contributed by atoms with van der Waals surface area (Å²) in [6, 6.07) is 9.91. The molecule has 0 unspecified atom stereocenters. The standard InChI is InChI=1S/C13H10BrFINO/c14-12-2-1-10(6-13(12)16)17-7-8-3-9(15)5-11(18)4-8/h1-6,17-18H,7H2. The van der Waals surface area contributed by atoms with E-state index in [2.05, 4.69) is 43.8 Å². The van der Waals surface area contributed by atoms with Gasteiger partial charge in [-0.3, -0.25) is 0 Å². The molecule has 18 heavy (non-hydrogen) atoms. The van der Waals surface area contributed by atoms with Gasteiger partial charge in [-0.15, -0.1) is 0 Å². The summed E-state index contributed by atoms with van der Waals surface area (Å²) >= 11 is 5.65. The van der Waals surface area contributed by atoms with Crippen LogP contribution in [0, 0.1) is 9.39 Å². The average Bonchev–Trinajstić information content (AvgIpc) is 2.29. The Morgan fingerprint density at radius 2 is 2.00 bits per heavy atom. The van der Waals surface area contributed by atoms with Crippen molar-refractivity contribution in [1.82, 2.24) is 0 Å². The first-order chi connectivity index (χ1) is 8.54. The second kappa shape index (κ2) is 5.88. The number of phenols is 1. The van der Waals surface area contributed by atoms with E-state index in [0.29, 0.717) is 12.1 Å². The lowest BCUT2D eigenvalue weighted by molar-refractivity contribution is 0.468. The fourth-order valence-corrected chi connectivity index (χ4v) is 2.31. The monoisotopic (exact) mass is 421 g/mol. The number of benzene rings is 2. The molecule has 0 spiro atoms. The maximum Gasteiger partial charge on any atom is 0.127 e. The van der Waals surface area contributed by atoms with Crippen LogP contribution in [-0.2, 0) is 6.54 Å². The van der Waals surface area contributed by atoms with Gasteiger partial charge >= 0.3 is 0 Å². The van der Waals surface area contributed by atoms with Gasteiger partial charge in [0.1, 0.15) is 11.6 Å². The van der Waals surface area contributed by atoms with Crippen LogP contribution in [0.3, 0.4) is 0 Å². The molecule has 2 aromatic carbocycles. The number of aromatic hydroxyl groups is 1. The van der Waals surface area contributed by atoms with Gasteiger partial charge in [0.05, 0.1) is 0 Å². The zero-order chi connectivity index (χ0) is 13.1. The number of anilines is 1. The van der Waals surface area contributed by atoms with Crippen LogP contribution in [0.25, 0.3) is 0 Å². The van der Waals surface area contributed by atoms with Crippen LogP contribution < -0.4 is 5.32 Å². The summed E-state index contributed by atoms with van der Waals surface area (Å²) in [5, 5.41) is 12.5. The van der Waals surface area contributed by atoms with E-state index < -0.39 is 5.82 Å². The molecule has 0 saturated carbocycles. The molecule has 0 bridgehead atoms. The molecule has 2 nitrogen and oxygen atoms in total. The fraction of sp³-hybridized carbons (Fsp3) is 0.0769. The molecule has 0 amide bonds. The highest BCUT2D eigenvalue weighted by atomic mass is 127. The van der Waals surface area contributed by atoms with Crippen LogP contribution in [0.1, 0.15) is 5.56 Å². The van der Waals surface area contributed by atoms with Crippen LogP contribution in [0.4, 0.5) is 10.1 Å². The minimum Gasteiger partial charge on any atom is -0.508 e. The van der Waals surface area contributed by atoms with Gasteiger partial charge < -0.3 is 10.4 Å². The van der Waals surface area contributed by atoms with Gasteiger partial charge in [0.15, 0.2) is 0 Å². The zero-order valence-electron chi connectivity index (χ0n) is 9.25. The Labute approximate surface area is 126 Å². The van der Waals surface area contributed by atoms with Crippen LogP contribution >= 0.6 is 38.5 Å². The second-order valence-electron chi connectivity index (χ2n) is 3.80. The number of halogens is 3. The highest BCUT2D eigenvalue weighted by molar-refractivity contribution is 14.1. The first kappa shape index (κ1) is 13.6. The van der Waals surface area contributed by atoms with Gasteiger partial charge in [0.25, 0.3) is 0 Å². The molecule has 94 valence electrons. The zero-order valence-corrected chi connectivity index (χ0v) is 13.0. The SMILES string of the molecule is Oc1cc(F)cc(CNc2ccc(Br)c(I)c2)c1. The predicted molar refractivity (Wildman–Crippen MR) is 82.3 cm³/mol. The third kappa shape index (κ3) is 3.58. The van der Waals surface area contributed by atoms with E-state index >= 15 is 0 Å². The van der Waals surface area contributed by atoms with Crippen molar-refractivity contribution in [1.29, 1.82) is 0 Å². The predicted octanol–water partition coefficient (Wildman–Crippen LogP) is 4.51. The molecule has 0 fully saturated rings. The molecule has 0 radical (unpaired) electrons. The fourth-order valence-electron chi connectivity index (χ4n) is 1.55. The van der Waals surface area contributed by atoms with E-state index in [1.54, 1.807) is 6.07 Å². The van der Waals surface area contributed by atoms with Crippen LogP contribution in [0.2, 0.25) is 0 Å². The van der Waals surface area contributed by atoms with Gasteiger partial charge in [-0.05, 0) is 74.4 Å². The second-order valence-corrected chi connectivity index (χ2v) is 5.82. The molecule has 0 aliphatic heterocycles. The number of phenolic OH excluding ortho intramolecular Hbond substituents is 1. The Hall–Kier alpha value is -0.820. The Morgan fingerprint density at radius 3 is 2.67 bits per heavy atom. The largest absolute Gasteiger partial charge is 0.508 e. The van der Waals surface area contributed by atoms with Crippen molar-refractivity contribution in [2.45, 2.75) is 6.54 Å². The first-order valence-electron chi connectivity index (χ1n) is 5.22. The summed E-state index contributed by atoms with van der Waals surface area (Å²) in [5.41, 5.74) is 1.65. The van der Waals surface area contributed by atoms with Crippen molar-refractivity contribution in [2.24, 2.45) is 0 Å². The van der Waals surface area contributed by atoms with E-state index in [9.17, 15) is 9.50 Å². The summed E-state index contributed by atoms with van der Waals surface area (Å²) in [6.07, 6.45) is 0. The normalized spacial score (nSPS) is 10.4. The summed E-state index contributed by atoms with van der Waals surface area (Å²) in [7, 11) is 0. The lowest BCUT2D eigenvalue weighted by atomic mass is 10.2. The molecule has 0 atom stereocenters. The van der Waals surface area contributed by atoms with E-state index in [1.807, 2.05) is 18.2 Å². The molecule has 2 rings (SSSR count). The molecule has 5 heteroatoms. The van der Waals surface area contributed by atoms with E-state index in [-0.39, 0.29) is 5.75 Å². The lowest BCUT2D eigenvalue weighted by Crippen LogP contribution is -2.00. The van der Waals surface area contributed by atoms with E-state index in [4.69, 9.17) is 0 Å². The van der Waals surface area contributed by atoms with Gasteiger partial charge in [-0.25, -0.2) is 4.39 Å². The van der Waals surface area contributed by atoms with Crippen molar-refractivity contribution in [3.63, 3.8) is 0 Å². The van der Waals surface area contributed by atoms with Gasteiger partial charge in [0, 0.05) is 26.3 Å². The van der Waals surface area contributed by atoms with Crippen molar-refractivity contribution in [2.75, 3.05) is 5.32 Å². The molecule has 0 saturated heterocycles. The molecule has 2 N–H and O–H groups in total. The van der Waals surface area contributed by atoms with Crippen molar-refractivity contribution >= 4 is 44.2 Å². The first-order valence-corrected chi connectivity index (χ1v) is 7.09. The molecular weight excluding hydrogens is 412 g/mol. The number of hydrogen-bond donors (Lipinski definition) is 2. The highest BCUT2D eigenvalue weighted by Crippen LogP contribution is 2.23. The molecule has 0 aromatic heterocycles. The topological polar surface area (TPSA) is 32.3 Å². The lowest BCUT2D eigenvalue weighted by Gasteiger charge is -2.08. The number of nitrogens with one attached hydrogen (secondary N) is 1. The van der Waals surface area contributed by atoms with Crippen molar-refractivity contribution < 1.29 is 9.50 Å². The molecule has 2 aromatic rings. The van der Waals surface area contributed by atoms with Crippen molar-refractivity contribution in [3.05, 3.63) is 55.8 Å². The quantitative estimate of drug-likeness (QED) is 0.714. The van der Waals surface area contributed by atoms with Gasteiger partial charge in [-0.1, -0.05) is 0 Å². The van der Waals surface area contributed by atoms with Crippen LogP contribution in [-0.4, -0.2) is 5.11 Å². The van der Waals surface area contributed by atoms with Gasteiger partial charge in [0.2, 0.25) is 0 Å². The Morgan fingerprint density at radius 1 is 1.22 bits per heavy atom. The smallest absolute Gasteiger partial charge is 0.127 e. The summed E-state index contributed by atoms with van der Waals surface area (Å²) in [6.45, 7) is 0.461. The summed E-state index contributed by atoms with van der Waals surface area (Å²) < 4.78 is 15.2. The number of rotatable bonds is 3. The van der Waals surface area contributed by atoms with Crippen LogP contribution in [0.15, 0.2) is 40.9 Å². The Bertz CT molecular complexity index is 557. The molecule has 0 heterocycles. The van der Waals surface area contributed by atoms with Crippen LogP contribution in [0.5, 0.6) is 5.75 Å². The molecule has 0 aliphatic rings. The third-order valence-electron chi connectivity index (χ3n) is 2.36. The summed E-state index contributed by atoms with van der Waals surface area (Å²) in [5.74, 6) is -0.491. The number of hydrogen-bond acceptors (Lipinski definition) is 2. The maximum absolute atomic E-state index is 13.1.